The van der Waals surface area contributed by atoms with Crippen molar-refractivity contribution < 1.29 is 4.74 Å². The van der Waals surface area contributed by atoms with Gasteiger partial charge in [0.25, 0.3) is 0 Å². The average Bonchev–Trinajstić information content (AvgIpc) is 2.42. The van der Waals surface area contributed by atoms with Crippen LogP contribution in [-0.2, 0) is 4.74 Å². The van der Waals surface area contributed by atoms with Crippen molar-refractivity contribution in [1.82, 2.24) is 0 Å². The van der Waals surface area contributed by atoms with Gasteiger partial charge in [-0.15, -0.1) is 0 Å². The molecule has 0 amide bonds. The Hall–Kier alpha value is -0.603. The Morgan fingerprint density at radius 1 is 1.00 bits per heavy atom. The summed E-state index contributed by atoms with van der Waals surface area (Å²) in [5.41, 5.74) is 1.68. The van der Waals surface area contributed by atoms with E-state index in [1.165, 1.54) is 31.2 Å². The molecule has 0 heterocycles. The Balaban J connectivity index is 2.74. The number of hydrogen-bond donors (Lipinski definition) is 0. The van der Waals surface area contributed by atoms with E-state index in [9.17, 15) is 0 Å². The lowest BCUT2D eigenvalue weighted by molar-refractivity contribution is 0.0153. The van der Waals surface area contributed by atoms with E-state index < -0.39 is 8.07 Å². The summed E-state index contributed by atoms with van der Waals surface area (Å²) in [7, 11) is -1.38. The maximum absolute atomic E-state index is 6.56. The minimum absolute atomic E-state index is 0.315. The molecule has 0 saturated carbocycles. The van der Waals surface area contributed by atoms with Crippen molar-refractivity contribution in [2.24, 2.45) is 0 Å². The fraction of sp³-hybridized carbons (Fsp3) is 0.667. The lowest BCUT2D eigenvalue weighted by Crippen LogP contribution is -2.35. The van der Waals surface area contributed by atoms with Crippen LogP contribution in [0.5, 0.6) is 0 Å². The Labute approximate surface area is 126 Å². The summed E-state index contributed by atoms with van der Waals surface area (Å²) in [6.07, 6.45) is 6.64. The summed E-state index contributed by atoms with van der Waals surface area (Å²) in [5, 5.41) is 0. The molecule has 1 aromatic rings. The van der Waals surface area contributed by atoms with Crippen LogP contribution in [0.3, 0.4) is 0 Å². The molecular formula is C18H32OSi. The van der Waals surface area contributed by atoms with Crippen LogP contribution < -0.4 is 0 Å². The van der Waals surface area contributed by atoms with Gasteiger partial charge in [-0.1, -0.05) is 83.1 Å². The van der Waals surface area contributed by atoms with Crippen molar-refractivity contribution >= 4 is 8.07 Å². The normalized spacial score (nSPS) is 15.1. The summed E-state index contributed by atoms with van der Waals surface area (Å²) in [4.78, 5) is 0. The first-order chi connectivity index (χ1) is 9.49. The molecule has 2 atom stereocenters. The predicted molar refractivity (Wildman–Crippen MR) is 91.8 cm³/mol. The molecule has 0 bridgehead atoms. The minimum Gasteiger partial charge on any atom is -0.374 e. The fourth-order valence-electron chi connectivity index (χ4n) is 2.59. The summed E-state index contributed by atoms with van der Waals surface area (Å²) >= 11 is 0. The van der Waals surface area contributed by atoms with E-state index in [4.69, 9.17) is 4.74 Å². The van der Waals surface area contributed by atoms with Crippen molar-refractivity contribution in [3.8, 4) is 0 Å². The zero-order chi connectivity index (χ0) is 15.0. The van der Waals surface area contributed by atoms with Crippen LogP contribution in [0.4, 0.5) is 0 Å². The van der Waals surface area contributed by atoms with Crippen molar-refractivity contribution in [1.29, 1.82) is 0 Å². The first-order valence-corrected chi connectivity index (χ1v) is 11.8. The van der Waals surface area contributed by atoms with Gasteiger partial charge in [-0.25, -0.2) is 0 Å². The van der Waals surface area contributed by atoms with Gasteiger partial charge >= 0.3 is 0 Å². The van der Waals surface area contributed by atoms with Crippen LogP contribution in [0.2, 0.25) is 19.6 Å². The number of benzene rings is 1. The highest BCUT2D eigenvalue weighted by Crippen LogP contribution is 2.31. The monoisotopic (exact) mass is 292 g/mol. The van der Waals surface area contributed by atoms with Crippen molar-refractivity contribution in [2.45, 2.75) is 77.4 Å². The molecule has 0 aliphatic carbocycles. The second kappa shape index (κ2) is 8.63. The molecule has 1 unspecified atom stereocenters. The maximum atomic E-state index is 6.56. The molecule has 1 nitrogen and oxygen atoms in total. The Kier molecular flexibility index (Phi) is 7.53. The van der Waals surface area contributed by atoms with E-state index >= 15 is 0 Å². The molecule has 2 heteroatoms. The Morgan fingerprint density at radius 3 is 2.15 bits per heavy atom. The summed E-state index contributed by atoms with van der Waals surface area (Å²) in [6, 6.07) is 10.8. The first-order valence-electron chi connectivity index (χ1n) is 8.19. The van der Waals surface area contributed by atoms with Crippen LogP contribution in [0.25, 0.3) is 0 Å². The topological polar surface area (TPSA) is 9.23 Å². The first kappa shape index (κ1) is 17.4. The number of hydrogen-bond acceptors (Lipinski definition) is 1. The van der Waals surface area contributed by atoms with E-state index in [-0.39, 0.29) is 0 Å². The summed E-state index contributed by atoms with van der Waals surface area (Å²) < 4.78 is 6.56. The van der Waals surface area contributed by atoms with Crippen molar-refractivity contribution in [3.63, 3.8) is 0 Å². The fourth-order valence-corrected chi connectivity index (χ4v) is 4.39. The highest BCUT2D eigenvalue weighted by atomic mass is 28.3. The third-order valence-electron chi connectivity index (χ3n) is 3.80. The van der Waals surface area contributed by atoms with E-state index in [1.807, 2.05) is 0 Å². The second-order valence-electron chi connectivity index (χ2n) is 6.82. The van der Waals surface area contributed by atoms with Crippen LogP contribution >= 0.6 is 0 Å². The van der Waals surface area contributed by atoms with Gasteiger partial charge in [-0.2, -0.15) is 0 Å². The molecule has 1 rings (SSSR count). The summed E-state index contributed by atoms with van der Waals surface area (Å²) in [5.74, 6) is 0. The quantitative estimate of drug-likeness (QED) is 0.402. The van der Waals surface area contributed by atoms with Crippen molar-refractivity contribution in [2.75, 3.05) is 0 Å². The summed E-state index contributed by atoms with van der Waals surface area (Å²) in [6.45, 7) is 11.7. The molecule has 0 aromatic heterocycles. The third-order valence-corrected chi connectivity index (χ3v) is 5.84. The van der Waals surface area contributed by atoms with Crippen LogP contribution in [-0.4, -0.2) is 14.2 Å². The zero-order valence-electron chi connectivity index (χ0n) is 14.0. The molecule has 20 heavy (non-hydrogen) atoms. The second-order valence-corrected chi connectivity index (χ2v) is 12.1. The van der Waals surface area contributed by atoms with Gasteiger partial charge in [0.2, 0.25) is 0 Å². The van der Waals surface area contributed by atoms with E-state index in [1.54, 1.807) is 0 Å². The Morgan fingerprint density at radius 2 is 1.65 bits per heavy atom. The standard InChI is InChI=1S/C18H32OSi/c1-6-8-10-15-17(7-2)19-18(20(3,4)5)16-13-11-9-12-14-16/h9,11-14,17-18H,6-8,10,15H2,1-5H3/t17?,18-/m0/s1. The molecule has 0 radical (unpaired) electrons. The van der Waals surface area contributed by atoms with Gasteiger partial charge in [0.15, 0.2) is 0 Å². The Bertz CT molecular complexity index is 355. The molecule has 1 aromatic carbocycles. The van der Waals surface area contributed by atoms with E-state index in [2.05, 4.69) is 63.8 Å². The third kappa shape index (κ3) is 5.80. The van der Waals surface area contributed by atoms with Crippen LogP contribution in [0.15, 0.2) is 30.3 Å². The number of ether oxygens (including phenoxy) is 1. The van der Waals surface area contributed by atoms with E-state index in [0.717, 1.165) is 6.42 Å². The molecule has 114 valence electrons. The highest BCUT2D eigenvalue weighted by Gasteiger charge is 2.30. The van der Waals surface area contributed by atoms with Gasteiger partial charge in [-0.3, -0.25) is 0 Å². The lowest BCUT2D eigenvalue weighted by atomic mass is 10.1. The largest absolute Gasteiger partial charge is 0.374 e. The molecule has 0 N–H and O–H groups in total. The van der Waals surface area contributed by atoms with Gasteiger partial charge < -0.3 is 4.74 Å². The van der Waals surface area contributed by atoms with E-state index in [0.29, 0.717) is 11.8 Å². The average molecular weight is 293 g/mol. The van der Waals surface area contributed by atoms with Gasteiger partial charge in [0.05, 0.1) is 19.9 Å². The molecule has 0 aliphatic heterocycles. The molecule has 0 aliphatic rings. The highest BCUT2D eigenvalue weighted by molar-refractivity contribution is 6.77. The predicted octanol–water partition coefficient (Wildman–Crippen LogP) is 5.98. The molecule has 0 spiro atoms. The zero-order valence-corrected chi connectivity index (χ0v) is 15.0. The SMILES string of the molecule is CCCCCC(CC)O[C@H](c1ccccc1)[Si](C)(C)C. The number of unbranched alkanes of at least 4 members (excludes halogenated alkanes) is 2. The van der Waals surface area contributed by atoms with Crippen LogP contribution in [0, 0.1) is 0 Å². The van der Waals surface area contributed by atoms with Gasteiger partial charge in [-0.05, 0) is 18.4 Å². The molecule has 0 fully saturated rings. The smallest absolute Gasteiger partial charge is 0.0842 e. The number of rotatable bonds is 9. The van der Waals surface area contributed by atoms with Crippen LogP contribution in [0.1, 0.15) is 57.2 Å². The maximum Gasteiger partial charge on any atom is 0.0842 e. The lowest BCUT2D eigenvalue weighted by Gasteiger charge is -2.33. The van der Waals surface area contributed by atoms with Gasteiger partial charge in [0.1, 0.15) is 0 Å². The van der Waals surface area contributed by atoms with Crippen molar-refractivity contribution in [3.05, 3.63) is 35.9 Å². The molecule has 0 saturated heterocycles. The molecular weight excluding hydrogens is 260 g/mol. The van der Waals surface area contributed by atoms with Gasteiger partial charge in [0, 0.05) is 0 Å². The minimum atomic E-state index is -1.38.